The van der Waals surface area contributed by atoms with Gasteiger partial charge >= 0.3 is 5.97 Å². The minimum atomic E-state index is -1.03. The highest BCUT2D eigenvalue weighted by Crippen LogP contribution is 2.36. The Hall–Kier alpha value is -2.09. The Bertz CT molecular complexity index is 613. The van der Waals surface area contributed by atoms with Crippen LogP contribution in [0.3, 0.4) is 0 Å². The first-order valence-electron chi connectivity index (χ1n) is 7.66. The molecule has 0 fully saturated rings. The summed E-state index contributed by atoms with van der Waals surface area (Å²) in [4.78, 5) is 20.8. The molecule has 0 aromatic carbocycles. The van der Waals surface area contributed by atoms with E-state index in [9.17, 15) is 10.1 Å². The van der Waals surface area contributed by atoms with Gasteiger partial charge in [-0.2, -0.15) is 15.2 Å². The van der Waals surface area contributed by atoms with Gasteiger partial charge in [-0.15, -0.1) is 0 Å². The van der Waals surface area contributed by atoms with Crippen molar-refractivity contribution in [2.45, 2.75) is 24.3 Å². The van der Waals surface area contributed by atoms with Crippen molar-refractivity contribution in [1.82, 2.24) is 9.97 Å². The Morgan fingerprint density at radius 3 is 2.35 bits per heavy atom. The van der Waals surface area contributed by atoms with E-state index in [0.29, 0.717) is 13.2 Å². The second kappa shape index (κ2) is 10.8. The van der Waals surface area contributed by atoms with E-state index in [1.165, 1.54) is 20.3 Å². The lowest BCUT2D eigenvalue weighted by atomic mass is 9.91. The molecule has 0 amide bonds. The van der Waals surface area contributed by atoms with Gasteiger partial charge in [0.05, 0.1) is 45.0 Å². The molecule has 0 saturated carbocycles. The normalized spacial score (nSPS) is 12.2. The van der Waals surface area contributed by atoms with E-state index in [-0.39, 0.29) is 23.7 Å². The molecular formula is C16H23N3O6S. The molecule has 0 saturated heterocycles. The van der Waals surface area contributed by atoms with Gasteiger partial charge in [-0.25, -0.2) is 0 Å². The van der Waals surface area contributed by atoms with E-state index >= 15 is 0 Å². The Morgan fingerprint density at radius 2 is 1.85 bits per heavy atom. The third-order valence-electron chi connectivity index (χ3n) is 3.17. The smallest absolute Gasteiger partial charge is 0.323 e. The molecule has 1 atom stereocenters. The van der Waals surface area contributed by atoms with Crippen LogP contribution in [0.25, 0.3) is 0 Å². The molecule has 1 rings (SSSR count). The maximum Gasteiger partial charge on any atom is 0.323 e. The number of nitrogens with zero attached hydrogens (tertiary/aromatic N) is 3. The highest BCUT2D eigenvalue weighted by atomic mass is 32.2. The van der Waals surface area contributed by atoms with Crippen molar-refractivity contribution in [3.8, 4) is 17.8 Å². The van der Waals surface area contributed by atoms with E-state index in [4.69, 9.17) is 23.7 Å². The largest absolute Gasteiger partial charge is 0.481 e. The molecule has 1 aromatic rings. The molecule has 9 nitrogen and oxygen atoms in total. The zero-order valence-corrected chi connectivity index (χ0v) is 16.3. The lowest BCUT2D eigenvalue weighted by molar-refractivity contribution is -0.158. The summed E-state index contributed by atoms with van der Waals surface area (Å²) in [5.74, 6) is -0.0439. The molecule has 0 spiro atoms. The quantitative estimate of drug-likeness (QED) is 0.183. The van der Waals surface area contributed by atoms with E-state index in [1.54, 1.807) is 21.0 Å². The average Bonchev–Trinajstić information content (AvgIpc) is 2.65. The van der Waals surface area contributed by atoms with Crippen LogP contribution in [0.15, 0.2) is 11.2 Å². The maximum absolute atomic E-state index is 12.5. The molecule has 1 heterocycles. The zero-order valence-electron chi connectivity index (χ0n) is 15.5. The minimum Gasteiger partial charge on any atom is -0.481 e. The highest BCUT2D eigenvalue weighted by Gasteiger charge is 2.39. The Labute approximate surface area is 156 Å². The van der Waals surface area contributed by atoms with Gasteiger partial charge in [0.1, 0.15) is 5.25 Å². The summed E-state index contributed by atoms with van der Waals surface area (Å²) < 4.78 is 25.3. The van der Waals surface area contributed by atoms with Crippen LogP contribution < -0.4 is 9.47 Å². The summed E-state index contributed by atoms with van der Waals surface area (Å²) in [5.41, 5.74) is -1.03. The zero-order chi connectivity index (χ0) is 19.6. The summed E-state index contributed by atoms with van der Waals surface area (Å²) in [6.07, 6.45) is 0. The standard InChI is InChI=1S/C16H23N3O6S/c1-16(2,9-17)13(14(20)25-10-24-7-6-21-3)26-15-18-11(22-4)8-12(19-15)23-5/h8,13H,6-7,10H2,1-5H3. The number of nitriles is 1. The molecule has 1 aromatic heterocycles. The number of carbonyl (C=O) groups is 1. The van der Waals surface area contributed by atoms with Gasteiger partial charge in [-0.05, 0) is 13.8 Å². The lowest BCUT2D eigenvalue weighted by Crippen LogP contribution is -2.35. The fourth-order valence-electron chi connectivity index (χ4n) is 1.68. The minimum absolute atomic E-state index is 0.228. The van der Waals surface area contributed by atoms with Crippen molar-refractivity contribution >= 4 is 17.7 Å². The molecule has 144 valence electrons. The van der Waals surface area contributed by atoms with E-state index in [0.717, 1.165) is 11.8 Å². The Balaban J connectivity index is 2.91. The van der Waals surface area contributed by atoms with Gasteiger partial charge in [-0.1, -0.05) is 11.8 Å². The molecule has 0 N–H and O–H groups in total. The number of aromatic nitrogens is 2. The first kappa shape index (κ1) is 22.0. The van der Waals surface area contributed by atoms with E-state index < -0.39 is 16.6 Å². The highest BCUT2D eigenvalue weighted by molar-refractivity contribution is 8.00. The molecule has 0 aliphatic heterocycles. The van der Waals surface area contributed by atoms with Crippen LogP contribution in [0.4, 0.5) is 0 Å². The third kappa shape index (κ3) is 6.67. The first-order chi connectivity index (χ1) is 12.4. The number of rotatable bonds is 11. The van der Waals surface area contributed by atoms with Crippen molar-refractivity contribution in [2.24, 2.45) is 5.41 Å². The second-order valence-electron chi connectivity index (χ2n) is 5.55. The summed E-state index contributed by atoms with van der Waals surface area (Å²) >= 11 is 0.996. The molecule has 0 aliphatic carbocycles. The van der Waals surface area contributed by atoms with Crippen molar-refractivity contribution in [2.75, 3.05) is 41.3 Å². The molecule has 0 radical (unpaired) electrons. The predicted octanol–water partition coefficient (Wildman–Crippen LogP) is 1.67. The number of hydrogen-bond acceptors (Lipinski definition) is 10. The average molecular weight is 385 g/mol. The van der Waals surface area contributed by atoms with Crippen LogP contribution in [-0.4, -0.2) is 62.5 Å². The maximum atomic E-state index is 12.5. The van der Waals surface area contributed by atoms with Crippen molar-refractivity contribution in [3.05, 3.63) is 6.07 Å². The molecule has 0 aliphatic rings. The van der Waals surface area contributed by atoms with E-state index in [2.05, 4.69) is 16.0 Å². The van der Waals surface area contributed by atoms with Crippen molar-refractivity contribution in [1.29, 1.82) is 5.26 Å². The molecule has 1 unspecified atom stereocenters. The van der Waals surface area contributed by atoms with Crippen LogP contribution in [0.5, 0.6) is 11.8 Å². The number of methoxy groups -OCH3 is 3. The summed E-state index contributed by atoms with van der Waals surface area (Å²) in [7, 11) is 4.46. The topological polar surface area (TPSA) is 113 Å². The summed E-state index contributed by atoms with van der Waals surface area (Å²) in [6, 6.07) is 3.62. The molecule has 0 bridgehead atoms. The van der Waals surface area contributed by atoms with Crippen LogP contribution in [0.2, 0.25) is 0 Å². The number of ether oxygens (including phenoxy) is 5. The number of thioether (sulfide) groups is 1. The monoisotopic (exact) mass is 385 g/mol. The van der Waals surface area contributed by atoms with Gasteiger partial charge in [0.15, 0.2) is 11.9 Å². The van der Waals surface area contributed by atoms with Crippen molar-refractivity contribution < 1.29 is 28.5 Å². The van der Waals surface area contributed by atoms with Gasteiger partial charge in [0.25, 0.3) is 0 Å². The van der Waals surface area contributed by atoms with E-state index in [1.807, 2.05) is 0 Å². The third-order valence-corrected chi connectivity index (χ3v) is 4.58. The molecule has 10 heteroatoms. The van der Waals surface area contributed by atoms with Crippen LogP contribution in [0, 0.1) is 16.7 Å². The molecule has 26 heavy (non-hydrogen) atoms. The van der Waals surface area contributed by atoms with Gasteiger partial charge in [-0.3, -0.25) is 4.79 Å². The number of carbonyl (C=O) groups excluding carboxylic acids is 1. The fraction of sp³-hybridized carbons (Fsp3) is 0.625. The van der Waals surface area contributed by atoms with Crippen LogP contribution >= 0.6 is 11.8 Å². The van der Waals surface area contributed by atoms with Gasteiger partial charge in [0, 0.05) is 7.11 Å². The Morgan fingerprint density at radius 1 is 1.23 bits per heavy atom. The first-order valence-corrected chi connectivity index (χ1v) is 8.54. The number of esters is 1. The fourth-order valence-corrected chi connectivity index (χ4v) is 2.68. The Kier molecular flexibility index (Phi) is 9.12. The van der Waals surface area contributed by atoms with Gasteiger partial charge in [0.2, 0.25) is 11.8 Å². The summed E-state index contributed by atoms with van der Waals surface area (Å²) in [6.45, 7) is 3.71. The predicted molar refractivity (Wildman–Crippen MR) is 93.0 cm³/mol. The second-order valence-corrected chi connectivity index (χ2v) is 6.62. The number of hydrogen-bond donors (Lipinski definition) is 0. The van der Waals surface area contributed by atoms with Gasteiger partial charge < -0.3 is 23.7 Å². The van der Waals surface area contributed by atoms with Crippen LogP contribution in [0.1, 0.15) is 13.8 Å². The molecular weight excluding hydrogens is 362 g/mol. The van der Waals surface area contributed by atoms with Crippen LogP contribution in [-0.2, 0) is 19.0 Å². The summed E-state index contributed by atoms with van der Waals surface area (Å²) in [5, 5.41) is 8.77. The van der Waals surface area contributed by atoms with Crippen molar-refractivity contribution in [3.63, 3.8) is 0 Å². The lowest BCUT2D eigenvalue weighted by Gasteiger charge is -2.25. The SMILES string of the molecule is COCCOCOC(=O)C(Sc1nc(OC)cc(OC)n1)C(C)(C)C#N.